The predicted octanol–water partition coefficient (Wildman–Crippen LogP) is 5.14. The Labute approximate surface area is 184 Å². The molecular formula is C26H21N3O3. The average Bonchev–Trinajstić information content (AvgIpc) is 3.48. The SMILES string of the molecule is Cc1ccnc2c(NC(=O)c3ccc(-n4c(O)c5c(c4O)C4C=CC5C4)cc3)cccc12. The van der Waals surface area contributed by atoms with E-state index in [1.807, 2.05) is 31.2 Å². The molecule has 0 saturated heterocycles. The van der Waals surface area contributed by atoms with E-state index >= 15 is 0 Å². The molecule has 2 heterocycles. The van der Waals surface area contributed by atoms with Crippen LogP contribution in [-0.4, -0.2) is 25.7 Å². The quantitative estimate of drug-likeness (QED) is 0.398. The summed E-state index contributed by atoms with van der Waals surface area (Å²) in [5.41, 5.74) is 5.20. The van der Waals surface area contributed by atoms with E-state index in [1.165, 1.54) is 4.57 Å². The smallest absolute Gasteiger partial charge is 0.255 e. The Morgan fingerprint density at radius 1 is 1.00 bits per heavy atom. The number of nitrogens with zero attached hydrogens (tertiary/aromatic N) is 2. The number of hydrogen-bond acceptors (Lipinski definition) is 4. The third kappa shape index (κ3) is 2.59. The van der Waals surface area contributed by atoms with E-state index in [0.717, 1.165) is 34.0 Å². The molecule has 32 heavy (non-hydrogen) atoms. The Bertz CT molecular complexity index is 1400. The Hall–Kier alpha value is -4.06. The van der Waals surface area contributed by atoms with Crippen molar-refractivity contribution in [2.75, 3.05) is 5.32 Å². The minimum absolute atomic E-state index is 0.0729. The molecule has 0 spiro atoms. The van der Waals surface area contributed by atoms with Crippen LogP contribution in [0.15, 0.2) is 66.9 Å². The van der Waals surface area contributed by atoms with E-state index in [1.54, 1.807) is 30.5 Å². The van der Waals surface area contributed by atoms with Crippen LogP contribution >= 0.6 is 0 Å². The van der Waals surface area contributed by atoms with Crippen molar-refractivity contribution in [2.45, 2.75) is 25.2 Å². The number of amides is 1. The highest BCUT2D eigenvalue weighted by molar-refractivity contribution is 6.08. The molecule has 2 aliphatic rings. The van der Waals surface area contributed by atoms with E-state index in [4.69, 9.17) is 0 Å². The number of rotatable bonds is 3. The number of aromatic hydroxyl groups is 2. The van der Waals surface area contributed by atoms with Gasteiger partial charge in [-0.2, -0.15) is 0 Å². The maximum atomic E-state index is 12.9. The van der Waals surface area contributed by atoms with Crippen LogP contribution in [0, 0.1) is 6.92 Å². The predicted molar refractivity (Wildman–Crippen MR) is 123 cm³/mol. The molecule has 0 saturated carbocycles. The number of para-hydroxylation sites is 1. The van der Waals surface area contributed by atoms with Crippen LogP contribution in [0.5, 0.6) is 11.8 Å². The lowest BCUT2D eigenvalue weighted by Gasteiger charge is -2.12. The van der Waals surface area contributed by atoms with Gasteiger partial charge in [-0.1, -0.05) is 24.3 Å². The highest BCUT2D eigenvalue weighted by atomic mass is 16.3. The summed E-state index contributed by atoms with van der Waals surface area (Å²) in [5.74, 6) is 0.209. The maximum Gasteiger partial charge on any atom is 0.255 e. The highest BCUT2D eigenvalue weighted by Crippen LogP contribution is 2.57. The van der Waals surface area contributed by atoms with E-state index < -0.39 is 0 Å². The Kier molecular flexibility index (Phi) is 3.92. The zero-order valence-electron chi connectivity index (χ0n) is 17.4. The number of anilines is 1. The monoisotopic (exact) mass is 423 g/mol. The van der Waals surface area contributed by atoms with Crippen molar-refractivity contribution in [2.24, 2.45) is 0 Å². The molecule has 2 aliphatic carbocycles. The molecule has 2 unspecified atom stereocenters. The van der Waals surface area contributed by atoms with Gasteiger partial charge in [0.15, 0.2) is 0 Å². The standard InChI is InChI=1S/C26H21N3O3/c1-14-11-12-27-23-19(14)3-2-4-20(23)28-24(30)15-7-9-18(10-8-15)29-25(31)21-16-5-6-17(13-16)22(21)26(29)32/h2-12,16-17,31-32H,13H2,1H3,(H,28,30). The van der Waals surface area contributed by atoms with Crippen LogP contribution in [-0.2, 0) is 0 Å². The summed E-state index contributed by atoms with van der Waals surface area (Å²) in [6.45, 7) is 2.01. The van der Waals surface area contributed by atoms with Gasteiger partial charge in [0.1, 0.15) is 0 Å². The van der Waals surface area contributed by atoms with Crippen LogP contribution in [0.25, 0.3) is 16.6 Å². The van der Waals surface area contributed by atoms with Gasteiger partial charge in [0, 0.05) is 40.1 Å². The first-order chi connectivity index (χ1) is 15.5. The molecular weight excluding hydrogens is 402 g/mol. The summed E-state index contributed by atoms with van der Waals surface area (Å²) in [4.78, 5) is 17.3. The molecule has 2 atom stereocenters. The molecule has 3 N–H and O–H groups in total. The van der Waals surface area contributed by atoms with E-state index in [2.05, 4.69) is 22.5 Å². The molecule has 2 aromatic heterocycles. The van der Waals surface area contributed by atoms with E-state index in [9.17, 15) is 15.0 Å². The van der Waals surface area contributed by atoms with Crippen molar-refractivity contribution in [1.82, 2.24) is 9.55 Å². The van der Waals surface area contributed by atoms with Crippen LogP contribution < -0.4 is 5.32 Å². The largest absolute Gasteiger partial charge is 0.494 e. The number of benzene rings is 2. The zero-order chi connectivity index (χ0) is 22.0. The molecule has 0 fully saturated rings. The molecule has 0 aliphatic heterocycles. The number of aromatic nitrogens is 2. The molecule has 6 nitrogen and oxygen atoms in total. The fourth-order valence-electron chi connectivity index (χ4n) is 5.06. The second kappa shape index (κ2) is 6.72. The van der Waals surface area contributed by atoms with Crippen molar-refractivity contribution >= 4 is 22.5 Å². The van der Waals surface area contributed by atoms with Gasteiger partial charge in [-0.15, -0.1) is 0 Å². The number of hydrogen-bond donors (Lipinski definition) is 3. The summed E-state index contributed by atoms with van der Waals surface area (Å²) in [6.07, 6.45) is 6.83. The molecule has 158 valence electrons. The third-order valence-electron chi connectivity index (χ3n) is 6.65. The zero-order valence-corrected chi connectivity index (χ0v) is 17.4. The molecule has 1 amide bonds. The Morgan fingerprint density at radius 2 is 1.69 bits per heavy atom. The first kappa shape index (κ1) is 18.7. The number of carbonyl (C=O) groups is 1. The van der Waals surface area contributed by atoms with Crippen LogP contribution in [0.4, 0.5) is 5.69 Å². The molecule has 2 aromatic carbocycles. The van der Waals surface area contributed by atoms with Gasteiger partial charge >= 0.3 is 0 Å². The second-order valence-corrected chi connectivity index (χ2v) is 8.47. The van der Waals surface area contributed by atoms with Crippen molar-refractivity contribution in [3.63, 3.8) is 0 Å². The van der Waals surface area contributed by atoms with Crippen LogP contribution in [0.1, 0.15) is 45.3 Å². The van der Waals surface area contributed by atoms with Gasteiger partial charge < -0.3 is 15.5 Å². The average molecular weight is 423 g/mol. The minimum atomic E-state index is -0.252. The number of aryl methyl sites for hydroxylation is 1. The highest BCUT2D eigenvalue weighted by Gasteiger charge is 2.41. The lowest BCUT2D eigenvalue weighted by Crippen LogP contribution is -2.12. The summed E-state index contributed by atoms with van der Waals surface area (Å²) in [6, 6.07) is 14.5. The normalized spacial score (nSPS) is 18.3. The molecule has 6 rings (SSSR count). The Morgan fingerprint density at radius 3 is 2.38 bits per heavy atom. The topological polar surface area (TPSA) is 87.4 Å². The van der Waals surface area contributed by atoms with Crippen molar-refractivity contribution in [3.05, 3.63) is 89.1 Å². The van der Waals surface area contributed by atoms with Gasteiger partial charge in [0.05, 0.1) is 16.9 Å². The molecule has 4 aromatic rings. The van der Waals surface area contributed by atoms with Gasteiger partial charge in [0.2, 0.25) is 11.8 Å². The number of carbonyl (C=O) groups excluding carboxylic acids is 1. The van der Waals surface area contributed by atoms with Crippen LogP contribution in [0.2, 0.25) is 0 Å². The summed E-state index contributed by atoms with van der Waals surface area (Å²) in [7, 11) is 0. The lowest BCUT2D eigenvalue weighted by molar-refractivity contribution is 0.102. The minimum Gasteiger partial charge on any atom is -0.494 e. The van der Waals surface area contributed by atoms with Gasteiger partial charge in [-0.25, -0.2) is 0 Å². The Balaban J connectivity index is 1.30. The van der Waals surface area contributed by atoms with Gasteiger partial charge in [0.25, 0.3) is 5.91 Å². The lowest BCUT2D eigenvalue weighted by atomic mass is 10.0. The van der Waals surface area contributed by atoms with Crippen molar-refractivity contribution in [1.29, 1.82) is 0 Å². The van der Waals surface area contributed by atoms with Gasteiger partial charge in [-0.3, -0.25) is 14.3 Å². The van der Waals surface area contributed by atoms with Gasteiger partial charge in [-0.05, 0) is 55.3 Å². The van der Waals surface area contributed by atoms with E-state index in [0.29, 0.717) is 16.9 Å². The number of nitrogens with one attached hydrogen (secondary N) is 1. The number of allylic oxidation sites excluding steroid dienone is 2. The molecule has 6 heteroatoms. The maximum absolute atomic E-state index is 12.9. The van der Waals surface area contributed by atoms with Crippen LogP contribution in [0.3, 0.4) is 0 Å². The third-order valence-corrected chi connectivity index (χ3v) is 6.65. The number of pyridine rings is 1. The summed E-state index contributed by atoms with van der Waals surface area (Å²) >= 11 is 0. The second-order valence-electron chi connectivity index (χ2n) is 8.47. The van der Waals surface area contributed by atoms with E-state index in [-0.39, 0.29) is 29.5 Å². The summed E-state index contributed by atoms with van der Waals surface area (Å²) < 4.78 is 1.45. The summed E-state index contributed by atoms with van der Waals surface area (Å²) in [5, 5.41) is 25.5. The first-order valence-electron chi connectivity index (χ1n) is 10.6. The molecule has 0 radical (unpaired) electrons. The van der Waals surface area contributed by atoms with Crippen molar-refractivity contribution < 1.29 is 15.0 Å². The fourth-order valence-corrected chi connectivity index (χ4v) is 5.06. The number of fused-ring (bicyclic) bond motifs is 6. The fraction of sp³-hybridized carbons (Fsp3) is 0.154. The molecule has 2 bridgehead atoms. The first-order valence-corrected chi connectivity index (χ1v) is 10.6. The van der Waals surface area contributed by atoms with Crippen molar-refractivity contribution in [3.8, 4) is 17.4 Å².